The van der Waals surface area contributed by atoms with Crippen LogP contribution in [0.3, 0.4) is 0 Å². The molecule has 3 aromatic carbocycles. The van der Waals surface area contributed by atoms with E-state index in [-0.39, 0.29) is 10.8 Å². The van der Waals surface area contributed by atoms with Crippen LogP contribution >= 0.6 is 11.3 Å². The van der Waals surface area contributed by atoms with Gasteiger partial charge in [-0.25, -0.2) is 8.42 Å². The molecule has 0 unspecified atom stereocenters. The minimum atomic E-state index is -3.76. The predicted molar refractivity (Wildman–Crippen MR) is 139 cm³/mol. The van der Waals surface area contributed by atoms with Gasteiger partial charge in [-0.2, -0.15) is 0 Å². The summed E-state index contributed by atoms with van der Waals surface area (Å²) >= 11 is 1.37. The molecule has 1 amide bonds. The largest absolute Gasteiger partial charge is 0.496 e. The van der Waals surface area contributed by atoms with Gasteiger partial charge in [0, 0.05) is 17.4 Å². The van der Waals surface area contributed by atoms with E-state index in [1.54, 1.807) is 44.4 Å². The summed E-state index contributed by atoms with van der Waals surface area (Å²) in [5, 5.41) is 3.73. The summed E-state index contributed by atoms with van der Waals surface area (Å²) in [5.41, 5.74) is 3.20. The fraction of sp³-hybridized carbons (Fsp3) is 0.192. The van der Waals surface area contributed by atoms with Gasteiger partial charge in [-0.1, -0.05) is 19.1 Å². The summed E-state index contributed by atoms with van der Waals surface area (Å²) in [6.07, 6.45) is 0.940. The first-order valence-corrected chi connectivity index (χ1v) is 13.1. The fourth-order valence-corrected chi connectivity index (χ4v) is 5.87. The van der Waals surface area contributed by atoms with Gasteiger partial charge in [0.1, 0.15) is 5.75 Å². The number of rotatable bonds is 7. The normalized spacial score (nSPS) is 11.4. The molecule has 0 saturated heterocycles. The Balaban J connectivity index is 1.58. The van der Waals surface area contributed by atoms with Gasteiger partial charge in [0.2, 0.25) is 0 Å². The van der Waals surface area contributed by atoms with Crippen molar-refractivity contribution >= 4 is 48.7 Å². The van der Waals surface area contributed by atoms with Gasteiger partial charge >= 0.3 is 0 Å². The molecule has 176 valence electrons. The minimum absolute atomic E-state index is 0.188. The van der Waals surface area contributed by atoms with Gasteiger partial charge in [-0.05, 0) is 84.5 Å². The van der Waals surface area contributed by atoms with Gasteiger partial charge in [-0.15, -0.1) is 11.3 Å². The molecular weight excluding hydrogens is 468 g/mol. The number of ether oxygens (including phenoxy) is 1. The lowest BCUT2D eigenvalue weighted by Gasteiger charge is -2.20. The maximum Gasteiger partial charge on any atom is 0.265 e. The quantitative estimate of drug-likeness (QED) is 0.349. The average Bonchev–Trinajstić information content (AvgIpc) is 3.27. The first-order valence-electron chi connectivity index (χ1n) is 10.8. The summed E-state index contributed by atoms with van der Waals surface area (Å²) in [4.78, 5) is 13.5. The number of carbonyl (C=O) groups excluding carboxylic acids is 1. The van der Waals surface area contributed by atoms with Crippen LogP contribution in [-0.4, -0.2) is 28.5 Å². The molecule has 0 spiro atoms. The number of methoxy groups -OCH3 is 1. The topological polar surface area (TPSA) is 75.7 Å². The minimum Gasteiger partial charge on any atom is -0.496 e. The van der Waals surface area contributed by atoms with Crippen molar-refractivity contribution in [3.8, 4) is 5.75 Å². The zero-order valence-electron chi connectivity index (χ0n) is 19.5. The van der Waals surface area contributed by atoms with Crippen molar-refractivity contribution in [3.05, 3.63) is 82.7 Å². The molecule has 0 aliphatic heterocycles. The Morgan fingerprint density at radius 1 is 1.03 bits per heavy atom. The Hall–Kier alpha value is -3.36. The molecule has 4 rings (SSSR count). The van der Waals surface area contributed by atoms with Crippen molar-refractivity contribution in [1.82, 2.24) is 0 Å². The second kappa shape index (κ2) is 9.48. The van der Waals surface area contributed by atoms with E-state index in [1.165, 1.54) is 34.3 Å². The number of aryl methyl sites for hydroxylation is 2. The summed E-state index contributed by atoms with van der Waals surface area (Å²) in [6, 6.07) is 19.7. The third-order valence-electron chi connectivity index (χ3n) is 5.73. The van der Waals surface area contributed by atoms with Crippen LogP contribution in [0.1, 0.15) is 27.7 Å². The number of sulfonamides is 1. The molecule has 1 N–H and O–H groups in total. The molecule has 0 aliphatic carbocycles. The van der Waals surface area contributed by atoms with Gasteiger partial charge in [-0.3, -0.25) is 9.10 Å². The lowest BCUT2D eigenvalue weighted by atomic mass is 10.1. The maximum absolute atomic E-state index is 13.2. The lowest BCUT2D eigenvalue weighted by molar-refractivity contribution is 0.103. The van der Waals surface area contributed by atoms with E-state index < -0.39 is 10.0 Å². The van der Waals surface area contributed by atoms with Crippen molar-refractivity contribution in [2.75, 3.05) is 23.8 Å². The maximum atomic E-state index is 13.2. The highest BCUT2D eigenvalue weighted by Crippen LogP contribution is 2.32. The molecule has 0 saturated carbocycles. The SMILES string of the molecule is CCc1ccc(NC(=O)c2cc3cc(N(C)S(=O)(=O)c4ccc(OC)c(C)c4)ccc3s2)cc1. The van der Waals surface area contributed by atoms with Gasteiger partial charge in [0.05, 0.1) is 22.6 Å². The fourth-order valence-electron chi connectivity index (χ4n) is 3.66. The number of hydrogen-bond donors (Lipinski definition) is 1. The summed E-state index contributed by atoms with van der Waals surface area (Å²) < 4.78 is 33.8. The number of benzene rings is 3. The van der Waals surface area contributed by atoms with Crippen LogP contribution in [0.15, 0.2) is 71.6 Å². The number of anilines is 2. The Morgan fingerprint density at radius 2 is 1.76 bits per heavy atom. The van der Waals surface area contributed by atoms with Gasteiger partial charge in [0.25, 0.3) is 15.9 Å². The molecule has 0 aliphatic rings. The van der Waals surface area contributed by atoms with E-state index in [1.807, 2.05) is 30.3 Å². The van der Waals surface area contributed by atoms with E-state index in [0.29, 0.717) is 16.3 Å². The molecule has 0 bridgehead atoms. The van der Waals surface area contributed by atoms with Crippen molar-refractivity contribution in [1.29, 1.82) is 0 Å². The van der Waals surface area contributed by atoms with Crippen LogP contribution in [0.4, 0.5) is 11.4 Å². The van der Waals surface area contributed by atoms with Crippen LogP contribution in [0, 0.1) is 6.92 Å². The molecular formula is C26H26N2O4S2. The van der Waals surface area contributed by atoms with Crippen LogP contribution < -0.4 is 14.4 Å². The summed E-state index contributed by atoms with van der Waals surface area (Å²) in [7, 11) is -0.688. The highest BCUT2D eigenvalue weighted by molar-refractivity contribution is 7.92. The number of nitrogens with zero attached hydrogens (tertiary/aromatic N) is 1. The van der Waals surface area contributed by atoms with Crippen molar-refractivity contribution in [3.63, 3.8) is 0 Å². The molecule has 1 heterocycles. The standard InChI is InChI=1S/C26H26N2O4S2/c1-5-18-6-8-20(9-7-18)27-26(29)25-16-19-15-21(10-13-24(19)33-25)28(3)34(30,31)22-11-12-23(32-4)17(2)14-22/h6-16H,5H2,1-4H3,(H,27,29). The van der Waals surface area contributed by atoms with E-state index in [4.69, 9.17) is 4.74 Å². The molecule has 34 heavy (non-hydrogen) atoms. The van der Waals surface area contributed by atoms with E-state index in [2.05, 4.69) is 12.2 Å². The number of fused-ring (bicyclic) bond motifs is 1. The number of carbonyl (C=O) groups is 1. The second-order valence-corrected chi connectivity index (χ2v) is 11.0. The number of nitrogens with one attached hydrogen (secondary N) is 1. The van der Waals surface area contributed by atoms with Crippen molar-refractivity contribution in [2.45, 2.75) is 25.2 Å². The molecule has 0 atom stereocenters. The highest BCUT2D eigenvalue weighted by Gasteiger charge is 2.23. The molecule has 4 aromatic rings. The smallest absolute Gasteiger partial charge is 0.265 e. The first kappa shape index (κ1) is 23.8. The first-order chi connectivity index (χ1) is 16.2. The molecule has 0 radical (unpaired) electrons. The monoisotopic (exact) mass is 494 g/mol. The Morgan fingerprint density at radius 3 is 2.41 bits per heavy atom. The Labute approximate surface area is 203 Å². The summed E-state index contributed by atoms with van der Waals surface area (Å²) in [5.74, 6) is 0.440. The molecule has 8 heteroatoms. The Kier molecular flexibility index (Phi) is 6.63. The van der Waals surface area contributed by atoms with Crippen molar-refractivity contribution < 1.29 is 17.9 Å². The zero-order chi connectivity index (χ0) is 24.5. The highest BCUT2D eigenvalue weighted by atomic mass is 32.2. The van der Waals surface area contributed by atoms with Crippen LogP contribution in [-0.2, 0) is 16.4 Å². The molecule has 0 fully saturated rings. The number of amides is 1. The van der Waals surface area contributed by atoms with Crippen LogP contribution in [0.25, 0.3) is 10.1 Å². The Bertz CT molecular complexity index is 1460. The van der Waals surface area contributed by atoms with Gasteiger partial charge in [0.15, 0.2) is 0 Å². The predicted octanol–water partition coefficient (Wildman–Crippen LogP) is 5.86. The van der Waals surface area contributed by atoms with Crippen LogP contribution in [0.5, 0.6) is 5.75 Å². The third-order valence-corrected chi connectivity index (χ3v) is 8.63. The summed E-state index contributed by atoms with van der Waals surface area (Å²) in [6.45, 7) is 3.89. The van der Waals surface area contributed by atoms with E-state index >= 15 is 0 Å². The van der Waals surface area contributed by atoms with Crippen LogP contribution in [0.2, 0.25) is 0 Å². The van der Waals surface area contributed by atoms with Crippen molar-refractivity contribution in [2.24, 2.45) is 0 Å². The lowest BCUT2D eigenvalue weighted by Crippen LogP contribution is -2.26. The van der Waals surface area contributed by atoms with Gasteiger partial charge < -0.3 is 10.1 Å². The number of thiophene rings is 1. The second-order valence-electron chi connectivity index (χ2n) is 7.94. The van der Waals surface area contributed by atoms with E-state index in [9.17, 15) is 13.2 Å². The van der Waals surface area contributed by atoms with E-state index in [0.717, 1.165) is 27.8 Å². The third kappa shape index (κ3) is 4.64. The molecule has 6 nitrogen and oxygen atoms in total. The average molecular weight is 495 g/mol. The number of hydrogen-bond acceptors (Lipinski definition) is 5. The molecule has 1 aromatic heterocycles. The zero-order valence-corrected chi connectivity index (χ0v) is 21.1.